The Hall–Kier alpha value is -3.15. The maximum absolute atomic E-state index is 12.9. The third-order valence-electron chi connectivity index (χ3n) is 15.2. The summed E-state index contributed by atoms with van der Waals surface area (Å²) in [6.45, 7) is 6.53. The molecule has 1 atom stereocenters. The van der Waals surface area contributed by atoms with Gasteiger partial charge in [-0.3, -0.25) is 14.4 Å². The van der Waals surface area contributed by atoms with Crippen molar-refractivity contribution in [2.45, 2.75) is 361 Å². The zero-order valence-corrected chi connectivity index (χ0v) is 52.6. The predicted octanol–water partition coefficient (Wildman–Crippen LogP) is 23.7. The summed E-state index contributed by atoms with van der Waals surface area (Å²) in [7, 11) is 0. The number of unbranched alkanes of at least 4 members (excludes halogenated alkanes) is 40. The maximum atomic E-state index is 12.9. The van der Waals surface area contributed by atoms with Gasteiger partial charge in [0.25, 0.3) is 0 Å². The molecule has 1 unspecified atom stereocenters. The Morgan fingerprint density at radius 1 is 0.266 bits per heavy atom. The van der Waals surface area contributed by atoms with E-state index in [1.54, 1.807) is 0 Å². The van der Waals surface area contributed by atoms with Crippen LogP contribution in [0, 0.1) is 0 Å². The molecule has 0 heterocycles. The first-order valence-corrected chi connectivity index (χ1v) is 34.4. The number of esters is 3. The molecule has 0 saturated carbocycles. The Kier molecular flexibility index (Phi) is 64.7. The van der Waals surface area contributed by atoms with Crippen LogP contribution in [0.1, 0.15) is 355 Å². The van der Waals surface area contributed by atoms with Crippen molar-refractivity contribution in [3.63, 3.8) is 0 Å². The average Bonchev–Trinajstić information content (AvgIpc) is 3.45. The highest BCUT2D eigenvalue weighted by Crippen LogP contribution is 2.17. The number of allylic oxidation sites excluding steroid dienone is 12. The maximum Gasteiger partial charge on any atom is 0.306 e. The molecule has 0 rings (SSSR count). The molecule has 0 spiro atoms. The van der Waals surface area contributed by atoms with Gasteiger partial charge < -0.3 is 14.2 Å². The van der Waals surface area contributed by atoms with Crippen molar-refractivity contribution in [1.82, 2.24) is 0 Å². The Balaban J connectivity index is 4.24. The first-order chi connectivity index (χ1) is 39.0. The third-order valence-corrected chi connectivity index (χ3v) is 15.2. The highest BCUT2D eigenvalue weighted by molar-refractivity contribution is 5.71. The Bertz CT molecular complexity index is 1450. The minimum absolute atomic E-state index is 0.0818. The second-order valence-electron chi connectivity index (χ2n) is 23.1. The zero-order valence-electron chi connectivity index (χ0n) is 52.6. The summed E-state index contributed by atoms with van der Waals surface area (Å²) < 4.78 is 16.9. The van der Waals surface area contributed by atoms with E-state index in [0.29, 0.717) is 19.3 Å². The SMILES string of the molecule is CC/C=C\C/C=C\C/C=C\CCCCCCCC(=O)OCC(COC(=O)CCCCCCCCCCCCCCCCCCC/C=C\CCCCCCCCCC)OC(=O)CCCCCCCCC/C=C\C/C=C\CCCCC. The van der Waals surface area contributed by atoms with Crippen molar-refractivity contribution in [3.8, 4) is 0 Å². The summed E-state index contributed by atoms with van der Waals surface area (Å²) in [5.74, 6) is -0.890. The summed E-state index contributed by atoms with van der Waals surface area (Å²) in [5.41, 5.74) is 0. The lowest BCUT2D eigenvalue weighted by molar-refractivity contribution is -0.167. The molecule has 0 aromatic heterocycles. The number of ether oxygens (including phenoxy) is 3. The van der Waals surface area contributed by atoms with Gasteiger partial charge in [-0.15, -0.1) is 0 Å². The lowest BCUT2D eigenvalue weighted by Gasteiger charge is -2.18. The second-order valence-corrected chi connectivity index (χ2v) is 23.1. The van der Waals surface area contributed by atoms with Gasteiger partial charge >= 0.3 is 17.9 Å². The highest BCUT2D eigenvalue weighted by Gasteiger charge is 2.19. The van der Waals surface area contributed by atoms with Crippen molar-refractivity contribution in [1.29, 1.82) is 0 Å². The van der Waals surface area contributed by atoms with E-state index < -0.39 is 6.10 Å². The molecule has 0 radical (unpaired) electrons. The van der Waals surface area contributed by atoms with E-state index in [1.165, 1.54) is 205 Å². The Morgan fingerprint density at radius 2 is 0.494 bits per heavy atom. The van der Waals surface area contributed by atoms with Gasteiger partial charge in [-0.1, -0.05) is 299 Å². The molecular formula is C73H130O6. The fourth-order valence-electron chi connectivity index (χ4n) is 10.0. The summed E-state index contributed by atoms with van der Waals surface area (Å²) >= 11 is 0. The van der Waals surface area contributed by atoms with Gasteiger partial charge in [0.15, 0.2) is 6.10 Å². The molecule has 6 nitrogen and oxygen atoms in total. The molecule has 0 aliphatic rings. The minimum Gasteiger partial charge on any atom is -0.462 e. The van der Waals surface area contributed by atoms with Gasteiger partial charge in [-0.2, -0.15) is 0 Å². The van der Waals surface area contributed by atoms with Crippen molar-refractivity contribution in [2.75, 3.05) is 13.2 Å². The molecule has 6 heteroatoms. The molecule has 0 saturated heterocycles. The van der Waals surface area contributed by atoms with E-state index >= 15 is 0 Å². The molecular weight excluding hydrogens is 973 g/mol. The van der Waals surface area contributed by atoms with Crippen LogP contribution in [0.3, 0.4) is 0 Å². The van der Waals surface area contributed by atoms with Crippen LogP contribution < -0.4 is 0 Å². The average molecular weight is 1100 g/mol. The summed E-state index contributed by atoms with van der Waals surface area (Å²) in [6.07, 6.45) is 87.9. The van der Waals surface area contributed by atoms with Crippen LogP contribution in [-0.4, -0.2) is 37.2 Å². The Labute approximate surface area is 491 Å². The van der Waals surface area contributed by atoms with E-state index in [-0.39, 0.29) is 31.1 Å². The van der Waals surface area contributed by atoms with Crippen LogP contribution in [0.15, 0.2) is 72.9 Å². The lowest BCUT2D eigenvalue weighted by atomic mass is 10.0. The summed E-state index contributed by atoms with van der Waals surface area (Å²) in [4.78, 5) is 38.4. The molecule has 458 valence electrons. The monoisotopic (exact) mass is 1100 g/mol. The van der Waals surface area contributed by atoms with Crippen LogP contribution in [0.4, 0.5) is 0 Å². The number of hydrogen-bond acceptors (Lipinski definition) is 6. The fourth-order valence-corrected chi connectivity index (χ4v) is 10.0. The molecule has 79 heavy (non-hydrogen) atoms. The second kappa shape index (κ2) is 67.4. The van der Waals surface area contributed by atoms with E-state index in [0.717, 1.165) is 109 Å². The van der Waals surface area contributed by atoms with E-state index in [2.05, 4.69) is 93.7 Å². The summed E-state index contributed by atoms with van der Waals surface area (Å²) in [6, 6.07) is 0. The minimum atomic E-state index is -0.788. The third kappa shape index (κ3) is 65.5. The first kappa shape index (κ1) is 75.8. The van der Waals surface area contributed by atoms with Crippen LogP contribution >= 0.6 is 0 Å². The number of hydrogen-bond donors (Lipinski definition) is 0. The molecule has 0 N–H and O–H groups in total. The topological polar surface area (TPSA) is 78.9 Å². The van der Waals surface area contributed by atoms with Crippen LogP contribution in [0.2, 0.25) is 0 Å². The smallest absolute Gasteiger partial charge is 0.306 e. The van der Waals surface area contributed by atoms with Crippen LogP contribution in [-0.2, 0) is 28.6 Å². The molecule has 0 aliphatic heterocycles. The van der Waals surface area contributed by atoms with Crippen molar-refractivity contribution >= 4 is 17.9 Å². The van der Waals surface area contributed by atoms with Gasteiger partial charge in [0.2, 0.25) is 0 Å². The van der Waals surface area contributed by atoms with E-state index in [1.807, 2.05) is 0 Å². The molecule has 0 aromatic carbocycles. The predicted molar refractivity (Wildman–Crippen MR) is 344 cm³/mol. The van der Waals surface area contributed by atoms with Crippen molar-refractivity contribution in [3.05, 3.63) is 72.9 Å². The van der Waals surface area contributed by atoms with E-state index in [9.17, 15) is 14.4 Å². The van der Waals surface area contributed by atoms with Crippen molar-refractivity contribution < 1.29 is 28.6 Å². The standard InChI is InChI=1S/C73H130O6/c1-4-7-10-13-16-19-22-25-28-30-31-32-33-34-35-36-37-38-39-40-41-43-45-48-51-54-57-60-63-66-72(75)78-69-70(68-77-71(74)65-62-59-56-53-50-47-44-27-24-21-18-15-12-9-6-3)79-73(76)67-64-61-58-55-52-49-46-42-29-26-23-20-17-14-11-8-5-2/h9,12,17-18,20-21,26-27,29-31,44,70H,4-8,10-11,13-16,19,22-25,28,32-43,45-69H2,1-3H3/b12-9-,20-17-,21-18-,29-26-,31-30-,44-27-. The largest absolute Gasteiger partial charge is 0.462 e. The molecule has 0 aromatic rings. The van der Waals surface area contributed by atoms with Gasteiger partial charge in [-0.05, 0) is 109 Å². The zero-order chi connectivity index (χ0) is 57.1. The van der Waals surface area contributed by atoms with Crippen molar-refractivity contribution in [2.24, 2.45) is 0 Å². The summed E-state index contributed by atoms with van der Waals surface area (Å²) in [5, 5.41) is 0. The number of rotatable bonds is 63. The molecule has 0 fully saturated rings. The normalized spacial score (nSPS) is 12.5. The quantitative estimate of drug-likeness (QED) is 0.0261. The molecule has 0 bridgehead atoms. The van der Waals surface area contributed by atoms with Gasteiger partial charge in [0, 0.05) is 19.3 Å². The van der Waals surface area contributed by atoms with Gasteiger partial charge in [-0.25, -0.2) is 0 Å². The Morgan fingerprint density at radius 3 is 0.810 bits per heavy atom. The fraction of sp³-hybridized carbons (Fsp3) is 0.795. The molecule has 0 aliphatic carbocycles. The van der Waals surface area contributed by atoms with Gasteiger partial charge in [0.05, 0.1) is 0 Å². The van der Waals surface area contributed by atoms with Crippen LogP contribution in [0.5, 0.6) is 0 Å². The van der Waals surface area contributed by atoms with Crippen LogP contribution in [0.25, 0.3) is 0 Å². The number of carbonyl (C=O) groups is 3. The van der Waals surface area contributed by atoms with Gasteiger partial charge in [0.1, 0.15) is 13.2 Å². The molecule has 0 amide bonds. The first-order valence-electron chi connectivity index (χ1n) is 34.4. The number of carbonyl (C=O) groups excluding carboxylic acids is 3. The lowest BCUT2D eigenvalue weighted by Crippen LogP contribution is -2.30. The highest BCUT2D eigenvalue weighted by atomic mass is 16.6. The van der Waals surface area contributed by atoms with E-state index in [4.69, 9.17) is 14.2 Å².